The van der Waals surface area contributed by atoms with Crippen molar-refractivity contribution in [3.8, 4) is 11.6 Å². The van der Waals surface area contributed by atoms with Gasteiger partial charge >= 0.3 is 0 Å². The van der Waals surface area contributed by atoms with Crippen LogP contribution in [0.3, 0.4) is 0 Å². The molecule has 176 valence electrons. The highest BCUT2D eigenvalue weighted by molar-refractivity contribution is 6.30. The van der Waals surface area contributed by atoms with Gasteiger partial charge in [0.2, 0.25) is 17.4 Å². The van der Waals surface area contributed by atoms with Crippen LogP contribution >= 0.6 is 11.6 Å². The van der Waals surface area contributed by atoms with E-state index in [9.17, 15) is 9.18 Å². The van der Waals surface area contributed by atoms with Crippen LogP contribution in [0.5, 0.6) is 11.6 Å². The molecule has 0 fully saturated rings. The van der Waals surface area contributed by atoms with E-state index in [0.29, 0.717) is 46.3 Å². The maximum atomic E-state index is 13.3. The van der Waals surface area contributed by atoms with Crippen molar-refractivity contribution in [2.75, 3.05) is 0 Å². The first-order valence-corrected chi connectivity index (χ1v) is 11.3. The van der Waals surface area contributed by atoms with Gasteiger partial charge in [0.15, 0.2) is 11.2 Å². The predicted octanol–water partition coefficient (Wildman–Crippen LogP) is 4.81. The standard InChI is InChI=1S/C25H20ClFN6O2/c1-2-32-15-28-23-22(32)24(34)31-25(33(23)14-16-6-8-17(26)9-7-16)29-18-10-12-19(13-11-18)35-21-5-3-4-20(27)30-21/h3-13,15H,2,14H2,1H3,(H,29,31,34). The topological polar surface area (TPSA) is 90.1 Å². The number of nitrogens with zero attached hydrogens (tertiary/aromatic N) is 5. The fourth-order valence-electron chi connectivity index (χ4n) is 3.66. The van der Waals surface area contributed by atoms with Crippen LogP contribution in [0.15, 0.2) is 82.8 Å². The van der Waals surface area contributed by atoms with E-state index in [0.717, 1.165) is 5.56 Å². The van der Waals surface area contributed by atoms with E-state index in [2.05, 4.69) is 19.9 Å². The minimum Gasteiger partial charge on any atom is -0.439 e. The Balaban J connectivity index is 1.56. The Morgan fingerprint density at radius 2 is 1.86 bits per heavy atom. The minimum atomic E-state index is -0.621. The number of fused-ring (bicyclic) bond motifs is 1. The molecule has 0 bridgehead atoms. The molecular weight excluding hydrogens is 471 g/mol. The second kappa shape index (κ2) is 9.55. The van der Waals surface area contributed by atoms with E-state index < -0.39 is 5.95 Å². The smallest absolute Gasteiger partial charge is 0.278 e. The molecule has 3 heterocycles. The van der Waals surface area contributed by atoms with Crippen LogP contribution in [0.1, 0.15) is 12.5 Å². The Labute approximate surface area is 204 Å². The van der Waals surface area contributed by atoms with Crippen LogP contribution in [0.4, 0.5) is 10.1 Å². The Bertz CT molecular complexity index is 1620. The van der Waals surface area contributed by atoms with E-state index in [1.807, 2.05) is 35.8 Å². The summed E-state index contributed by atoms with van der Waals surface area (Å²) in [5.74, 6) is 0.00253. The van der Waals surface area contributed by atoms with Crippen LogP contribution in [0.2, 0.25) is 5.02 Å². The summed E-state index contributed by atoms with van der Waals surface area (Å²) in [6.07, 6.45) is 1.65. The van der Waals surface area contributed by atoms with Gasteiger partial charge in [0.25, 0.3) is 5.56 Å². The highest BCUT2D eigenvalue weighted by atomic mass is 35.5. The number of imidazole rings is 1. The number of halogens is 2. The van der Waals surface area contributed by atoms with Crippen molar-refractivity contribution in [3.63, 3.8) is 0 Å². The van der Waals surface area contributed by atoms with Crippen LogP contribution in [-0.2, 0) is 13.1 Å². The van der Waals surface area contributed by atoms with Crippen molar-refractivity contribution < 1.29 is 9.13 Å². The third-order valence-corrected chi connectivity index (χ3v) is 5.60. The average Bonchev–Trinajstić information content (AvgIpc) is 3.29. The van der Waals surface area contributed by atoms with Crippen LogP contribution in [-0.4, -0.2) is 24.1 Å². The van der Waals surface area contributed by atoms with Gasteiger partial charge in [-0.05, 0) is 55.0 Å². The average molecular weight is 491 g/mol. The lowest BCUT2D eigenvalue weighted by Crippen LogP contribution is -2.32. The number of H-pyrrole nitrogens is 1. The molecule has 0 amide bonds. The number of rotatable bonds is 6. The van der Waals surface area contributed by atoms with Crippen LogP contribution < -0.4 is 15.9 Å². The summed E-state index contributed by atoms with van der Waals surface area (Å²) in [6, 6.07) is 18.6. The SMILES string of the molecule is CCn1cnc2c1c(=O)[nH]/c(=N\c1ccc(Oc3cccc(F)n3)cc1)n2Cc1ccc(Cl)cc1. The van der Waals surface area contributed by atoms with E-state index >= 15 is 0 Å². The summed E-state index contributed by atoms with van der Waals surface area (Å²) in [5, 5.41) is 0.640. The zero-order valence-electron chi connectivity index (χ0n) is 18.7. The molecule has 2 aromatic carbocycles. The highest BCUT2D eigenvalue weighted by Gasteiger charge is 2.13. The van der Waals surface area contributed by atoms with Crippen molar-refractivity contribution in [2.45, 2.75) is 20.0 Å². The van der Waals surface area contributed by atoms with Gasteiger partial charge in [-0.15, -0.1) is 0 Å². The first-order valence-electron chi connectivity index (χ1n) is 10.9. The number of ether oxygens (including phenoxy) is 1. The molecule has 5 rings (SSSR count). The molecule has 0 aliphatic carbocycles. The number of hydrogen-bond donors (Lipinski definition) is 1. The van der Waals surface area contributed by atoms with Crippen LogP contribution in [0.25, 0.3) is 11.2 Å². The molecule has 10 heteroatoms. The third kappa shape index (κ3) is 4.85. The van der Waals surface area contributed by atoms with Gasteiger partial charge in [0.1, 0.15) is 5.75 Å². The molecule has 5 aromatic rings. The van der Waals surface area contributed by atoms with Crippen molar-refractivity contribution in [3.05, 3.63) is 106 Å². The summed E-state index contributed by atoms with van der Waals surface area (Å²) >= 11 is 6.04. The van der Waals surface area contributed by atoms with E-state index in [1.54, 1.807) is 41.2 Å². The van der Waals surface area contributed by atoms with Crippen molar-refractivity contribution in [1.29, 1.82) is 0 Å². The normalized spacial score (nSPS) is 11.8. The number of hydrogen-bond acceptors (Lipinski definition) is 5. The monoisotopic (exact) mass is 490 g/mol. The van der Waals surface area contributed by atoms with Gasteiger partial charge in [0, 0.05) is 17.6 Å². The molecule has 0 aliphatic rings. The molecule has 0 unspecified atom stereocenters. The Morgan fingerprint density at radius 3 is 2.57 bits per heavy atom. The van der Waals surface area contributed by atoms with Crippen LogP contribution in [0, 0.1) is 5.95 Å². The molecule has 0 aliphatic heterocycles. The Kier molecular flexibility index (Phi) is 6.15. The fraction of sp³-hybridized carbons (Fsp3) is 0.120. The maximum Gasteiger partial charge on any atom is 0.278 e. The minimum absolute atomic E-state index is 0.150. The largest absolute Gasteiger partial charge is 0.439 e. The number of pyridine rings is 1. The maximum absolute atomic E-state index is 13.3. The summed E-state index contributed by atoms with van der Waals surface area (Å²) in [7, 11) is 0. The number of nitrogens with one attached hydrogen (secondary N) is 1. The van der Waals surface area contributed by atoms with Gasteiger partial charge in [-0.25, -0.2) is 9.98 Å². The lowest BCUT2D eigenvalue weighted by molar-refractivity contribution is 0.445. The molecule has 0 spiro atoms. The zero-order chi connectivity index (χ0) is 24.4. The van der Waals surface area contributed by atoms with Crippen molar-refractivity contribution in [1.82, 2.24) is 24.1 Å². The van der Waals surface area contributed by atoms with Gasteiger partial charge < -0.3 is 9.30 Å². The van der Waals surface area contributed by atoms with E-state index in [-0.39, 0.29) is 11.4 Å². The van der Waals surface area contributed by atoms with Crippen molar-refractivity contribution >= 4 is 28.5 Å². The molecule has 1 N–H and O–H groups in total. The van der Waals surface area contributed by atoms with Gasteiger partial charge in [-0.3, -0.25) is 14.3 Å². The summed E-state index contributed by atoms with van der Waals surface area (Å²) < 4.78 is 22.5. The second-order valence-corrected chi connectivity index (χ2v) is 8.14. The number of benzene rings is 2. The first-order chi connectivity index (χ1) is 17.0. The van der Waals surface area contributed by atoms with E-state index in [1.165, 1.54) is 12.1 Å². The van der Waals surface area contributed by atoms with Gasteiger partial charge in [-0.2, -0.15) is 9.37 Å². The van der Waals surface area contributed by atoms with Crippen molar-refractivity contribution in [2.24, 2.45) is 4.99 Å². The highest BCUT2D eigenvalue weighted by Crippen LogP contribution is 2.22. The second-order valence-electron chi connectivity index (χ2n) is 7.70. The fourth-order valence-corrected chi connectivity index (χ4v) is 3.78. The molecule has 8 nitrogen and oxygen atoms in total. The first kappa shape index (κ1) is 22.5. The predicted molar refractivity (Wildman–Crippen MR) is 131 cm³/mol. The lowest BCUT2D eigenvalue weighted by atomic mass is 10.2. The number of aryl methyl sites for hydroxylation is 1. The Hall–Kier alpha value is -4.24. The molecule has 0 saturated heterocycles. The number of aromatic nitrogens is 5. The van der Waals surface area contributed by atoms with Gasteiger partial charge in [0.05, 0.1) is 18.6 Å². The molecule has 0 saturated carbocycles. The third-order valence-electron chi connectivity index (χ3n) is 5.35. The lowest BCUT2D eigenvalue weighted by Gasteiger charge is -2.10. The molecule has 35 heavy (non-hydrogen) atoms. The molecular formula is C25H20ClFN6O2. The molecule has 0 radical (unpaired) electrons. The summed E-state index contributed by atoms with van der Waals surface area (Å²) in [4.78, 5) is 28.6. The molecule has 0 atom stereocenters. The zero-order valence-corrected chi connectivity index (χ0v) is 19.4. The molecule has 3 aromatic heterocycles. The summed E-state index contributed by atoms with van der Waals surface area (Å²) in [6.45, 7) is 2.99. The number of aromatic amines is 1. The quantitative estimate of drug-likeness (QED) is 0.346. The Morgan fingerprint density at radius 1 is 1.09 bits per heavy atom. The summed E-state index contributed by atoms with van der Waals surface area (Å²) in [5.41, 5.74) is 2.64. The van der Waals surface area contributed by atoms with E-state index in [4.69, 9.17) is 16.3 Å². The van der Waals surface area contributed by atoms with Gasteiger partial charge in [-0.1, -0.05) is 29.8 Å².